The second kappa shape index (κ2) is 8.53. The summed E-state index contributed by atoms with van der Waals surface area (Å²) in [6.07, 6.45) is 6.95. The van der Waals surface area contributed by atoms with Crippen molar-refractivity contribution < 1.29 is 9.13 Å². The second-order valence-corrected chi connectivity index (χ2v) is 6.63. The van der Waals surface area contributed by atoms with Crippen LogP contribution in [0.2, 0.25) is 0 Å². The zero-order chi connectivity index (χ0) is 19.2. The third kappa shape index (κ3) is 4.47. The van der Waals surface area contributed by atoms with Gasteiger partial charge in [0.2, 0.25) is 0 Å². The second-order valence-electron chi connectivity index (χ2n) is 6.63. The predicted molar refractivity (Wildman–Crippen MR) is 107 cm³/mol. The number of nitrogens with zero attached hydrogens (tertiary/aromatic N) is 3. The van der Waals surface area contributed by atoms with E-state index in [0.717, 1.165) is 42.9 Å². The van der Waals surface area contributed by atoms with Crippen molar-refractivity contribution in [2.24, 2.45) is 0 Å². The molecule has 0 atom stereocenters. The average Bonchev–Trinajstić information content (AvgIpc) is 2.76. The highest BCUT2D eigenvalue weighted by Gasteiger charge is 2.22. The Labute approximate surface area is 164 Å². The summed E-state index contributed by atoms with van der Waals surface area (Å²) < 4.78 is 19.6. The molecule has 3 aromatic rings. The van der Waals surface area contributed by atoms with Crippen LogP contribution in [0.25, 0.3) is 0 Å². The van der Waals surface area contributed by atoms with Gasteiger partial charge in [-0.2, -0.15) is 0 Å². The summed E-state index contributed by atoms with van der Waals surface area (Å²) in [5, 5.41) is 0. The van der Waals surface area contributed by atoms with Crippen LogP contribution in [0.15, 0.2) is 67.1 Å². The van der Waals surface area contributed by atoms with E-state index in [1.165, 1.54) is 6.07 Å². The molecule has 1 fully saturated rings. The van der Waals surface area contributed by atoms with Gasteiger partial charge in [0.05, 0.1) is 0 Å². The maximum absolute atomic E-state index is 13.7. The number of para-hydroxylation sites is 1. The first-order chi connectivity index (χ1) is 13.8. The highest BCUT2D eigenvalue weighted by molar-refractivity contribution is 5.46. The maximum atomic E-state index is 13.7. The highest BCUT2D eigenvalue weighted by atomic mass is 19.1. The number of hydrogen-bond acceptors (Lipinski definition) is 4. The monoisotopic (exact) mass is 373 g/mol. The molecule has 0 radical (unpaired) electrons. The molecule has 4 rings (SSSR count). The van der Waals surface area contributed by atoms with Crippen molar-refractivity contribution in [3.63, 3.8) is 0 Å². The van der Waals surface area contributed by atoms with Crippen molar-refractivity contribution in [2.75, 3.05) is 18.0 Å². The molecule has 0 saturated carbocycles. The normalized spacial score (nSPS) is 14.2. The third-order valence-corrected chi connectivity index (χ3v) is 4.66. The molecule has 0 unspecified atom stereocenters. The molecule has 28 heavy (non-hydrogen) atoms. The molecule has 1 aliphatic heterocycles. The van der Waals surface area contributed by atoms with Gasteiger partial charge in [0.15, 0.2) is 11.6 Å². The lowest BCUT2D eigenvalue weighted by Gasteiger charge is -2.33. The molecule has 1 aliphatic rings. The summed E-state index contributed by atoms with van der Waals surface area (Å²) in [4.78, 5) is 10.8. The van der Waals surface area contributed by atoms with E-state index < -0.39 is 0 Å². The predicted octanol–water partition coefficient (Wildman–Crippen LogP) is 4.06. The fourth-order valence-electron chi connectivity index (χ4n) is 3.15. The highest BCUT2D eigenvalue weighted by Crippen LogP contribution is 2.23. The fraction of sp³-hybridized carbons (Fsp3) is 0.217. The lowest BCUT2D eigenvalue weighted by Crippen LogP contribution is -2.38. The van der Waals surface area contributed by atoms with E-state index in [-0.39, 0.29) is 11.9 Å². The minimum absolute atomic E-state index is 0.0257. The molecular formula is C23H20FN3O. The van der Waals surface area contributed by atoms with Crippen LogP contribution in [0, 0.1) is 17.7 Å². The summed E-state index contributed by atoms with van der Waals surface area (Å²) >= 11 is 0. The molecule has 4 nitrogen and oxygen atoms in total. The number of rotatable bonds is 3. The Morgan fingerprint density at radius 3 is 2.39 bits per heavy atom. The van der Waals surface area contributed by atoms with Gasteiger partial charge in [-0.05, 0) is 36.4 Å². The van der Waals surface area contributed by atoms with Gasteiger partial charge in [0, 0.05) is 55.6 Å². The lowest BCUT2D eigenvalue weighted by atomic mass is 10.1. The Bertz CT molecular complexity index is 972. The standard InChI is InChI=1S/C23H20FN3O/c24-21-5-1-2-6-22(21)28-20-11-14-27(15-12-20)23-10-9-19(17-26-23)8-7-18-4-3-13-25-16-18/h1-6,9-10,13,16-17,20H,11-12,14-15H2. The van der Waals surface area contributed by atoms with Gasteiger partial charge in [-0.1, -0.05) is 24.0 Å². The molecule has 1 aromatic carbocycles. The van der Waals surface area contributed by atoms with Crippen molar-refractivity contribution in [1.29, 1.82) is 0 Å². The van der Waals surface area contributed by atoms with E-state index in [1.807, 2.05) is 24.3 Å². The van der Waals surface area contributed by atoms with Gasteiger partial charge in [0.25, 0.3) is 0 Å². The van der Waals surface area contributed by atoms with E-state index in [9.17, 15) is 4.39 Å². The first-order valence-electron chi connectivity index (χ1n) is 9.32. The largest absolute Gasteiger partial charge is 0.487 e. The molecule has 0 aliphatic carbocycles. The van der Waals surface area contributed by atoms with Crippen LogP contribution >= 0.6 is 0 Å². The Kier molecular flexibility index (Phi) is 5.48. The number of benzene rings is 1. The first-order valence-corrected chi connectivity index (χ1v) is 9.32. The zero-order valence-corrected chi connectivity index (χ0v) is 15.4. The quantitative estimate of drug-likeness (QED) is 0.649. The number of anilines is 1. The van der Waals surface area contributed by atoms with Crippen LogP contribution in [-0.4, -0.2) is 29.2 Å². The van der Waals surface area contributed by atoms with Crippen LogP contribution in [0.3, 0.4) is 0 Å². The molecule has 0 amide bonds. The van der Waals surface area contributed by atoms with Crippen molar-refractivity contribution in [3.05, 3.63) is 84.1 Å². The minimum Gasteiger partial charge on any atom is -0.487 e. The van der Waals surface area contributed by atoms with Crippen molar-refractivity contribution in [1.82, 2.24) is 9.97 Å². The van der Waals surface area contributed by atoms with Crippen molar-refractivity contribution in [3.8, 4) is 17.6 Å². The Balaban J connectivity index is 1.34. The van der Waals surface area contributed by atoms with Crippen LogP contribution < -0.4 is 9.64 Å². The smallest absolute Gasteiger partial charge is 0.165 e. The molecule has 0 spiro atoms. The number of pyridine rings is 2. The summed E-state index contributed by atoms with van der Waals surface area (Å²) in [5.41, 5.74) is 1.74. The van der Waals surface area contributed by atoms with Gasteiger partial charge in [-0.3, -0.25) is 4.98 Å². The summed E-state index contributed by atoms with van der Waals surface area (Å²) in [6.45, 7) is 1.65. The van der Waals surface area contributed by atoms with Crippen LogP contribution in [0.5, 0.6) is 5.75 Å². The van der Waals surface area contributed by atoms with E-state index in [2.05, 4.69) is 26.7 Å². The molecule has 140 valence electrons. The van der Waals surface area contributed by atoms with Gasteiger partial charge in [0.1, 0.15) is 11.9 Å². The maximum Gasteiger partial charge on any atom is 0.165 e. The third-order valence-electron chi connectivity index (χ3n) is 4.66. The SMILES string of the molecule is Fc1ccccc1OC1CCN(c2ccc(C#Cc3cccnc3)cn2)CC1. The van der Waals surface area contributed by atoms with Crippen LogP contribution in [0.4, 0.5) is 10.2 Å². The van der Waals surface area contributed by atoms with Crippen molar-refractivity contribution >= 4 is 5.82 Å². The average molecular weight is 373 g/mol. The summed E-state index contributed by atoms with van der Waals surface area (Å²) in [5.74, 6) is 7.13. The van der Waals surface area contributed by atoms with Crippen LogP contribution in [-0.2, 0) is 0 Å². The molecule has 0 bridgehead atoms. The van der Waals surface area contributed by atoms with Crippen molar-refractivity contribution in [2.45, 2.75) is 18.9 Å². The Hall–Kier alpha value is -3.39. The number of halogens is 1. The molecular weight excluding hydrogens is 353 g/mol. The fourth-order valence-corrected chi connectivity index (χ4v) is 3.15. The number of hydrogen-bond donors (Lipinski definition) is 0. The first kappa shape index (κ1) is 18.0. The zero-order valence-electron chi connectivity index (χ0n) is 15.4. The molecule has 1 saturated heterocycles. The van der Waals surface area contributed by atoms with Gasteiger partial charge in [-0.25, -0.2) is 9.37 Å². The van der Waals surface area contributed by atoms with E-state index in [0.29, 0.717) is 5.75 Å². The number of piperidine rings is 1. The van der Waals surface area contributed by atoms with E-state index in [1.54, 1.807) is 36.8 Å². The van der Waals surface area contributed by atoms with Gasteiger partial charge in [-0.15, -0.1) is 0 Å². The molecule has 5 heteroatoms. The molecule has 2 aromatic heterocycles. The van der Waals surface area contributed by atoms with Gasteiger partial charge < -0.3 is 9.64 Å². The summed E-state index contributed by atoms with van der Waals surface area (Å²) in [7, 11) is 0. The number of aromatic nitrogens is 2. The lowest BCUT2D eigenvalue weighted by molar-refractivity contribution is 0.163. The minimum atomic E-state index is -0.311. The molecule has 0 N–H and O–H groups in total. The summed E-state index contributed by atoms with van der Waals surface area (Å²) in [6, 6.07) is 14.3. The van der Waals surface area contributed by atoms with Crippen LogP contribution in [0.1, 0.15) is 24.0 Å². The Morgan fingerprint density at radius 1 is 0.929 bits per heavy atom. The van der Waals surface area contributed by atoms with E-state index in [4.69, 9.17) is 4.74 Å². The van der Waals surface area contributed by atoms with Gasteiger partial charge >= 0.3 is 0 Å². The molecule has 3 heterocycles. The van der Waals surface area contributed by atoms with E-state index >= 15 is 0 Å². The number of ether oxygens (including phenoxy) is 1. The topological polar surface area (TPSA) is 38.2 Å². The Morgan fingerprint density at radius 2 is 1.71 bits per heavy atom.